The first-order valence-corrected chi connectivity index (χ1v) is 9.99. The number of carbonyl (C=O) groups is 1. The van der Waals surface area contributed by atoms with Crippen molar-refractivity contribution in [3.05, 3.63) is 42.5 Å². The van der Waals surface area contributed by atoms with Gasteiger partial charge in [-0.1, -0.05) is 11.8 Å². The van der Waals surface area contributed by atoms with Crippen LogP contribution in [0.4, 0.5) is 5.69 Å². The zero-order valence-electron chi connectivity index (χ0n) is 16.0. The van der Waals surface area contributed by atoms with Crippen LogP contribution in [0.15, 0.2) is 47.6 Å². The minimum Gasteiger partial charge on any atom is -0.497 e. The lowest BCUT2D eigenvalue weighted by Crippen LogP contribution is -2.17. The van der Waals surface area contributed by atoms with Crippen LogP contribution in [0.2, 0.25) is 0 Å². The van der Waals surface area contributed by atoms with E-state index < -0.39 is 0 Å². The van der Waals surface area contributed by atoms with Crippen LogP contribution in [0.3, 0.4) is 0 Å². The number of nitrogens with zero attached hydrogens (tertiary/aromatic N) is 3. The van der Waals surface area contributed by atoms with Gasteiger partial charge in [-0.05, 0) is 36.4 Å². The van der Waals surface area contributed by atoms with Gasteiger partial charge >= 0.3 is 0 Å². The lowest BCUT2D eigenvalue weighted by Gasteiger charge is -2.18. The van der Waals surface area contributed by atoms with Crippen molar-refractivity contribution < 1.29 is 19.0 Å². The molecule has 29 heavy (non-hydrogen) atoms. The number of methoxy groups -OCH3 is 1. The van der Waals surface area contributed by atoms with E-state index in [1.54, 1.807) is 25.3 Å². The van der Waals surface area contributed by atoms with Crippen molar-refractivity contribution in [1.82, 2.24) is 14.8 Å². The molecule has 0 saturated heterocycles. The number of benzene rings is 2. The van der Waals surface area contributed by atoms with E-state index in [2.05, 4.69) is 15.5 Å². The molecule has 0 bridgehead atoms. The zero-order valence-corrected chi connectivity index (χ0v) is 16.9. The van der Waals surface area contributed by atoms with E-state index in [9.17, 15) is 4.79 Å². The highest BCUT2D eigenvalue weighted by Crippen LogP contribution is 2.32. The predicted octanol–water partition coefficient (Wildman–Crippen LogP) is 2.99. The summed E-state index contributed by atoms with van der Waals surface area (Å²) in [6.07, 6.45) is 0. The van der Waals surface area contributed by atoms with Crippen molar-refractivity contribution >= 4 is 23.4 Å². The molecule has 1 amide bonds. The molecule has 150 valence electrons. The number of ether oxygens (including phenoxy) is 3. The third-order valence-corrected chi connectivity index (χ3v) is 5.36. The van der Waals surface area contributed by atoms with Gasteiger partial charge in [0.25, 0.3) is 0 Å². The molecule has 3 aromatic rings. The SMILES string of the molecule is COc1ccc(-c2nnc(SCC(=O)Nc3ccc4c(c3)OCCO4)n2C)cc1. The molecule has 0 atom stereocenters. The number of anilines is 1. The fourth-order valence-corrected chi connectivity index (χ4v) is 3.59. The normalized spacial score (nSPS) is 12.5. The largest absolute Gasteiger partial charge is 0.497 e. The minimum atomic E-state index is -0.138. The lowest BCUT2D eigenvalue weighted by atomic mass is 10.2. The second-order valence-corrected chi connectivity index (χ2v) is 7.23. The summed E-state index contributed by atoms with van der Waals surface area (Å²) in [5.74, 6) is 2.90. The van der Waals surface area contributed by atoms with Crippen LogP contribution in [0, 0.1) is 0 Å². The Hall–Kier alpha value is -3.20. The molecule has 0 radical (unpaired) electrons. The number of amides is 1. The number of aromatic nitrogens is 3. The number of thioether (sulfide) groups is 1. The van der Waals surface area contributed by atoms with Crippen LogP contribution in [0.5, 0.6) is 17.2 Å². The monoisotopic (exact) mass is 412 g/mol. The van der Waals surface area contributed by atoms with Crippen LogP contribution < -0.4 is 19.5 Å². The molecule has 1 aliphatic heterocycles. The fourth-order valence-electron chi connectivity index (χ4n) is 2.88. The lowest BCUT2D eigenvalue weighted by molar-refractivity contribution is -0.113. The van der Waals surface area contributed by atoms with Crippen molar-refractivity contribution in [2.75, 3.05) is 31.4 Å². The predicted molar refractivity (Wildman–Crippen MR) is 110 cm³/mol. The Morgan fingerprint density at radius 3 is 2.66 bits per heavy atom. The van der Waals surface area contributed by atoms with Gasteiger partial charge in [-0.15, -0.1) is 10.2 Å². The molecule has 4 rings (SSSR count). The van der Waals surface area contributed by atoms with Crippen LogP contribution >= 0.6 is 11.8 Å². The summed E-state index contributed by atoms with van der Waals surface area (Å²) in [4.78, 5) is 12.3. The summed E-state index contributed by atoms with van der Waals surface area (Å²) in [5.41, 5.74) is 1.59. The van der Waals surface area contributed by atoms with E-state index in [0.717, 1.165) is 17.1 Å². The highest BCUT2D eigenvalue weighted by Gasteiger charge is 2.15. The Balaban J connectivity index is 1.37. The molecule has 9 heteroatoms. The quantitative estimate of drug-likeness (QED) is 0.623. The van der Waals surface area contributed by atoms with E-state index in [4.69, 9.17) is 14.2 Å². The zero-order chi connectivity index (χ0) is 20.2. The second-order valence-electron chi connectivity index (χ2n) is 6.29. The minimum absolute atomic E-state index is 0.138. The average molecular weight is 412 g/mol. The number of hydrogen-bond donors (Lipinski definition) is 1. The van der Waals surface area contributed by atoms with E-state index in [0.29, 0.717) is 35.6 Å². The van der Waals surface area contributed by atoms with E-state index >= 15 is 0 Å². The van der Waals surface area contributed by atoms with Crippen LogP contribution in [0.1, 0.15) is 0 Å². The number of hydrogen-bond acceptors (Lipinski definition) is 7. The maximum absolute atomic E-state index is 12.3. The third kappa shape index (κ3) is 4.29. The number of nitrogens with one attached hydrogen (secondary N) is 1. The third-order valence-electron chi connectivity index (χ3n) is 4.34. The molecule has 2 aromatic carbocycles. The number of fused-ring (bicyclic) bond motifs is 1. The van der Waals surface area contributed by atoms with Gasteiger partial charge in [0.1, 0.15) is 19.0 Å². The standard InChI is InChI=1S/C20H20N4O4S/c1-24-19(13-3-6-15(26-2)7-4-13)22-23-20(24)29-12-18(25)21-14-5-8-16-17(11-14)28-10-9-27-16/h3-8,11H,9-10,12H2,1-2H3,(H,21,25). The Morgan fingerprint density at radius 1 is 1.14 bits per heavy atom. The topological polar surface area (TPSA) is 87.5 Å². The van der Waals surface area contributed by atoms with Crippen LogP contribution in [-0.4, -0.2) is 46.7 Å². The van der Waals surface area contributed by atoms with Gasteiger partial charge in [0.2, 0.25) is 5.91 Å². The van der Waals surface area contributed by atoms with Crippen molar-refractivity contribution in [2.45, 2.75) is 5.16 Å². The van der Waals surface area contributed by atoms with Crippen molar-refractivity contribution in [2.24, 2.45) is 7.05 Å². The molecule has 0 aliphatic carbocycles. The molecular formula is C20H20N4O4S. The second kappa shape index (κ2) is 8.44. The average Bonchev–Trinajstić information content (AvgIpc) is 3.12. The molecule has 1 N–H and O–H groups in total. The van der Waals surface area contributed by atoms with E-state index in [1.807, 2.05) is 35.9 Å². The van der Waals surface area contributed by atoms with Crippen LogP contribution in [0.25, 0.3) is 11.4 Å². The first kappa shape index (κ1) is 19.1. The van der Waals surface area contributed by atoms with Gasteiger partial charge < -0.3 is 24.1 Å². The molecule has 0 saturated carbocycles. The Kier molecular flexibility index (Phi) is 5.57. The maximum Gasteiger partial charge on any atom is 0.234 e. The van der Waals surface area contributed by atoms with Gasteiger partial charge in [-0.25, -0.2) is 0 Å². The van der Waals surface area contributed by atoms with Gasteiger partial charge in [0, 0.05) is 24.4 Å². The van der Waals surface area contributed by atoms with Gasteiger partial charge in [-0.2, -0.15) is 0 Å². The molecule has 8 nitrogen and oxygen atoms in total. The molecule has 0 spiro atoms. The number of carbonyl (C=O) groups excluding carboxylic acids is 1. The summed E-state index contributed by atoms with van der Waals surface area (Å²) < 4.78 is 18.1. The molecule has 0 fully saturated rings. The van der Waals surface area contributed by atoms with Gasteiger partial charge in [0.15, 0.2) is 22.5 Å². The summed E-state index contributed by atoms with van der Waals surface area (Å²) in [7, 11) is 3.50. The Bertz CT molecular complexity index is 1020. The van der Waals surface area contributed by atoms with Crippen LogP contribution in [-0.2, 0) is 11.8 Å². The Morgan fingerprint density at radius 2 is 1.90 bits per heavy atom. The highest BCUT2D eigenvalue weighted by molar-refractivity contribution is 7.99. The smallest absolute Gasteiger partial charge is 0.234 e. The van der Waals surface area contributed by atoms with E-state index in [1.165, 1.54) is 11.8 Å². The fraction of sp³-hybridized carbons (Fsp3) is 0.250. The summed E-state index contributed by atoms with van der Waals surface area (Å²) in [6, 6.07) is 12.9. The van der Waals surface area contributed by atoms with Crippen molar-refractivity contribution in [3.8, 4) is 28.6 Å². The van der Waals surface area contributed by atoms with Crippen molar-refractivity contribution in [1.29, 1.82) is 0 Å². The van der Waals surface area contributed by atoms with Gasteiger partial charge in [-0.3, -0.25) is 4.79 Å². The maximum atomic E-state index is 12.3. The Labute approximate surface area is 172 Å². The summed E-state index contributed by atoms with van der Waals surface area (Å²) >= 11 is 1.32. The first-order chi connectivity index (χ1) is 14.1. The van der Waals surface area contributed by atoms with Gasteiger partial charge in [0.05, 0.1) is 12.9 Å². The van der Waals surface area contributed by atoms with Crippen molar-refractivity contribution in [3.63, 3.8) is 0 Å². The summed E-state index contributed by atoms with van der Waals surface area (Å²) in [6.45, 7) is 1.04. The molecular weight excluding hydrogens is 392 g/mol. The number of rotatable bonds is 6. The van der Waals surface area contributed by atoms with E-state index in [-0.39, 0.29) is 11.7 Å². The molecule has 1 aliphatic rings. The summed E-state index contributed by atoms with van der Waals surface area (Å²) in [5, 5.41) is 12.0. The highest BCUT2D eigenvalue weighted by atomic mass is 32.2. The molecule has 2 heterocycles. The molecule has 0 unspecified atom stereocenters. The molecule has 1 aromatic heterocycles. The first-order valence-electron chi connectivity index (χ1n) is 9.00.